The molecule has 0 saturated carbocycles. The SMILES string of the molecule is FC(F)(F)c1cc(-c2cc(-n3c4ccc(-c5ccccc5)cc4c4cc(-c5ccccc5)ccc43)nc(-n3c4ccc(-c5ccccc5)cc4c4cc(-c5ccccc5)ccc43)c2)cc(C(F)(F)F)c1. The van der Waals surface area contributed by atoms with Crippen molar-refractivity contribution in [2.45, 2.75) is 12.4 Å². The highest BCUT2D eigenvalue weighted by Crippen LogP contribution is 2.43. The normalized spacial score (nSPS) is 12.1. The summed E-state index contributed by atoms with van der Waals surface area (Å²) in [5, 5.41) is 3.56. The van der Waals surface area contributed by atoms with Crippen molar-refractivity contribution in [2.75, 3.05) is 0 Å². The van der Waals surface area contributed by atoms with Crippen LogP contribution in [-0.2, 0) is 12.4 Å². The van der Waals surface area contributed by atoms with E-state index in [9.17, 15) is 26.3 Å². The van der Waals surface area contributed by atoms with Crippen LogP contribution in [0.4, 0.5) is 26.3 Å². The molecule has 0 aliphatic heterocycles. The van der Waals surface area contributed by atoms with Crippen molar-refractivity contribution in [3.05, 3.63) is 236 Å². The third-order valence-electron chi connectivity index (χ3n) is 13.1. The molecule has 0 amide bonds. The Hall–Kier alpha value is -8.69. The van der Waals surface area contributed by atoms with Gasteiger partial charge in [0.15, 0.2) is 0 Å². The number of aromatic nitrogens is 3. The maximum Gasteiger partial charge on any atom is 0.416 e. The number of alkyl halides is 6. The van der Waals surface area contributed by atoms with Crippen LogP contribution in [0.5, 0.6) is 0 Å². The molecule has 70 heavy (non-hydrogen) atoms. The van der Waals surface area contributed by atoms with Crippen molar-refractivity contribution in [3.8, 4) is 67.3 Å². The molecule has 0 radical (unpaired) electrons. The molecule has 0 spiro atoms. The fraction of sp³-hybridized carbons (Fsp3) is 0.0328. The second-order valence-corrected chi connectivity index (χ2v) is 17.4. The molecule has 0 bridgehead atoms. The lowest BCUT2D eigenvalue weighted by atomic mass is 9.99. The van der Waals surface area contributed by atoms with E-state index >= 15 is 0 Å². The number of hydrogen-bond acceptors (Lipinski definition) is 1. The number of hydrogen-bond donors (Lipinski definition) is 0. The van der Waals surface area contributed by atoms with Gasteiger partial charge in [-0.05, 0) is 134 Å². The molecule has 9 aromatic carbocycles. The van der Waals surface area contributed by atoms with Crippen molar-refractivity contribution in [1.82, 2.24) is 14.1 Å². The predicted molar refractivity (Wildman–Crippen MR) is 270 cm³/mol. The summed E-state index contributed by atoms with van der Waals surface area (Å²) in [6, 6.07) is 69.4. The van der Waals surface area contributed by atoms with Gasteiger partial charge in [-0.2, -0.15) is 26.3 Å². The minimum atomic E-state index is -5.06. The zero-order chi connectivity index (χ0) is 47.7. The highest BCUT2D eigenvalue weighted by Gasteiger charge is 2.37. The van der Waals surface area contributed by atoms with E-state index in [1.54, 1.807) is 12.1 Å². The van der Waals surface area contributed by atoms with Crippen molar-refractivity contribution >= 4 is 43.6 Å². The minimum Gasteiger partial charge on any atom is -0.294 e. The van der Waals surface area contributed by atoms with Gasteiger partial charge in [0, 0.05) is 21.5 Å². The molecule has 12 aromatic rings. The number of benzene rings is 9. The van der Waals surface area contributed by atoms with E-state index in [4.69, 9.17) is 4.98 Å². The van der Waals surface area contributed by atoms with Gasteiger partial charge in [-0.3, -0.25) is 9.13 Å². The smallest absolute Gasteiger partial charge is 0.294 e. The van der Waals surface area contributed by atoms with Crippen LogP contribution in [-0.4, -0.2) is 14.1 Å². The van der Waals surface area contributed by atoms with Crippen LogP contribution >= 0.6 is 0 Å². The lowest BCUT2D eigenvalue weighted by Crippen LogP contribution is -2.11. The molecule has 0 aliphatic carbocycles. The van der Waals surface area contributed by atoms with Crippen molar-refractivity contribution in [1.29, 1.82) is 0 Å². The highest BCUT2D eigenvalue weighted by molar-refractivity contribution is 6.13. The first-order valence-corrected chi connectivity index (χ1v) is 22.7. The van der Waals surface area contributed by atoms with Gasteiger partial charge in [0.25, 0.3) is 0 Å². The molecule has 0 saturated heterocycles. The van der Waals surface area contributed by atoms with E-state index in [0.717, 1.165) is 100 Å². The summed E-state index contributed by atoms with van der Waals surface area (Å²) in [7, 11) is 0. The van der Waals surface area contributed by atoms with Gasteiger partial charge in [-0.15, -0.1) is 0 Å². The van der Waals surface area contributed by atoms with E-state index in [-0.39, 0.29) is 17.2 Å². The number of rotatable bonds is 7. The number of fused-ring (bicyclic) bond motifs is 6. The van der Waals surface area contributed by atoms with Gasteiger partial charge >= 0.3 is 12.4 Å². The molecule has 338 valence electrons. The van der Waals surface area contributed by atoms with Crippen LogP contribution in [0.3, 0.4) is 0 Å². The Morgan fingerprint density at radius 3 is 0.800 bits per heavy atom. The summed E-state index contributed by atoms with van der Waals surface area (Å²) < 4.78 is 91.4. The molecule has 0 N–H and O–H groups in total. The Morgan fingerprint density at radius 2 is 0.529 bits per heavy atom. The lowest BCUT2D eigenvalue weighted by Gasteiger charge is -2.17. The van der Waals surface area contributed by atoms with E-state index in [1.165, 1.54) is 0 Å². The van der Waals surface area contributed by atoms with Gasteiger partial charge in [0.2, 0.25) is 0 Å². The molecule has 0 fully saturated rings. The van der Waals surface area contributed by atoms with Crippen LogP contribution in [0, 0.1) is 0 Å². The quantitative estimate of drug-likeness (QED) is 0.146. The average Bonchev–Trinajstić information content (AvgIpc) is 3.90. The molecular formula is C61H37F6N3. The summed E-state index contributed by atoms with van der Waals surface area (Å²) in [6.07, 6.45) is -10.1. The molecule has 9 heteroatoms. The average molecular weight is 926 g/mol. The fourth-order valence-electron chi connectivity index (χ4n) is 9.80. The van der Waals surface area contributed by atoms with Crippen LogP contribution in [0.25, 0.3) is 111 Å². The standard InChI is InChI=1S/C61H37F6N3/c62-60(63,64)48-29-46(30-49(37-48)61(65,66)67)47-35-58(69-54-25-21-42(38-13-5-1-6-14-38)31-50(54)51-32-43(22-26-55(51)69)39-15-7-2-8-16-39)68-59(36-47)70-56-27-23-44(40-17-9-3-10-18-40)33-52(56)53-34-45(24-28-57(53)70)41-19-11-4-12-20-41/h1-37H. The number of halogens is 6. The van der Waals surface area contributed by atoms with Crippen LogP contribution in [0.2, 0.25) is 0 Å². The van der Waals surface area contributed by atoms with E-state index in [1.807, 2.05) is 179 Å². The van der Waals surface area contributed by atoms with Crippen molar-refractivity contribution in [3.63, 3.8) is 0 Å². The maximum absolute atomic E-state index is 14.6. The van der Waals surface area contributed by atoms with Gasteiger partial charge < -0.3 is 0 Å². The molecule has 0 unspecified atom stereocenters. The zero-order valence-electron chi connectivity index (χ0n) is 37.0. The van der Waals surface area contributed by atoms with Crippen LogP contribution < -0.4 is 0 Å². The predicted octanol–water partition coefficient (Wildman–Crippen LogP) is 17.6. The first-order valence-electron chi connectivity index (χ1n) is 22.7. The summed E-state index contributed by atoms with van der Waals surface area (Å²) >= 11 is 0. The molecule has 3 nitrogen and oxygen atoms in total. The van der Waals surface area contributed by atoms with Crippen LogP contribution in [0.1, 0.15) is 11.1 Å². The van der Waals surface area contributed by atoms with E-state index < -0.39 is 23.5 Å². The summed E-state index contributed by atoms with van der Waals surface area (Å²) in [4.78, 5) is 5.39. The molecule has 3 heterocycles. The van der Waals surface area contributed by atoms with Gasteiger partial charge in [0.1, 0.15) is 11.6 Å². The minimum absolute atomic E-state index is 0.116. The summed E-state index contributed by atoms with van der Waals surface area (Å²) in [6.45, 7) is 0. The first-order chi connectivity index (χ1) is 33.9. The van der Waals surface area contributed by atoms with E-state index in [2.05, 4.69) is 24.3 Å². The molecule has 3 aromatic heterocycles. The largest absolute Gasteiger partial charge is 0.416 e. The first kappa shape index (κ1) is 42.6. The lowest BCUT2D eigenvalue weighted by molar-refractivity contribution is -0.143. The number of pyridine rings is 1. The second kappa shape index (κ2) is 16.5. The Bertz CT molecular complexity index is 3500. The summed E-state index contributed by atoms with van der Waals surface area (Å²) in [5.41, 5.74) is 7.95. The molecule has 0 aliphatic rings. The topological polar surface area (TPSA) is 22.8 Å². The highest BCUT2D eigenvalue weighted by atomic mass is 19.4. The number of nitrogens with zero attached hydrogens (tertiary/aromatic N) is 3. The maximum atomic E-state index is 14.6. The fourth-order valence-corrected chi connectivity index (χ4v) is 9.80. The Kier molecular flexibility index (Phi) is 10.1. The Balaban J connectivity index is 1.17. The third kappa shape index (κ3) is 7.56. The molecule has 12 rings (SSSR count). The van der Waals surface area contributed by atoms with Gasteiger partial charge in [-0.25, -0.2) is 4.98 Å². The van der Waals surface area contributed by atoms with Crippen molar-refractivity contribution < 1.29 is 26.3 Å². The van der Waals surface area contributed by atoms with Gasteiger partial charge in [0.05, 0.1) is 33.2 Å². The van der Waals surface area contributed by atoms with Crippen molar-refractivity contribution in [2.24, 2.45) is 0 Å². The second-order valence-electron chi connectivity index (χ2n) is 17.4. The van der Waals surface area contributed by atoms with Gasteiger partial charge in [-0.1, -0.05) is 146 Å². The summed E-state index contributed by atoms with van der Waals surface area (Å²) in [5.74, 6) is 0.602. The molecule has 0 atom stereocenters. The zero-order valence-corrected chi connectivity index (χ0v) is 37.0. The van der Waals surface area contributed by atoms with E-state index in [0.29, 0.717) is 11.6 Å². The van der Waals surface area contributed by atoms with Crippen LogP contribution in [0.15, 0.2) is 224 Å². The Labute approximate surface area is 397 Å². The Morgan fingerprint density at radius 1 is 0.257 bits per heavy atom. The molecular weight excluding hydrogens is 889 g/mol. The monoisotopic (exact) mass is 925 g/mol. The third-order valence-corrected chi connectivity index (χ3v) is 13.1.